The summed E-state index contributed by atoms with van der Waals surface area (Å²) in [5, 5.41) is 13.5. The van der Waals surface area contributed by atoms with E-state index in [4.69, 9.17) is 14.8 Å². The lowest BCUT2D eigenvalue weighted by Crippen LogP contribution is -2.36. The molecule has 0 saturated carbocycles. The Morgan fingerprint density at radius 2 is 1.89 bits per heavy atom. The predicted octanol–water partition coefficient (Wildman–Crippen LogP) is 0.725. The van der Waals surface area contributed by atoms with Crippen LogP contribution in [-0.2, 0) is 9.53 Å². The van der Waals surface area contributed by atoms with Crippen molar-refractivity contribution in [3.05, 3.63) is 41.0 Å². The summed E-state index contributed by atoms with van der Waals surface area (Å²) in [4.78, 5) is 26.9. The number of carboxylic acids is 1. The van der Waals surface area contributed by atoms with E-state index in [2.05, 4.69) is 44.5 Å². The zero-order valence-electron chi connectivity index (χ0n) is 15.6. The predicted molar refractivity (Wildman–Crippen MR) is 105 cm³/mol. The van der Waals surface area contributed by atoms with Crippen LogP contribution in [-0.4, -0.2) is 62.0 Å². The van der Waals surface area contributed by atoms with Gasteiger partial charge in [-0.05, 0) is 18.2 Å². The molecule has 28 heavy (non-hydrogen) atoms. The molecule has 8 heteroatoms. The highest BCUT2D eigenvalue weighted by atomic mass is 16.5. The van der Waals surface area contributed by atoms with E-state index in [0.717, 1.165) is 42.9 Å². The van der Waals surface area contributed by atoms with E-state index in [-0.39, 0.29) is 6.42 Å². The van der Waals surface area contributed by atoms with Crippen LogP contribution < -0.4 is 20.9 Å². The molecule has 2 aliphatic heterocycles. The molecule has 1 aromatic heterocycles. The lowest BCUT2D eigenvalue weighted by molar-refractivity contribution is -0.136. The monoisotopic (exact) mass is 381 g/mol. The zero-order chi connectivity index (χ0) is 19.3. The van der Waals surface area contributed by atoms with Crippen molar-refractivity contribution < 1.29 is 14.6 Å². The lowest BCUT2D eigenvalue weighted by atomic mass is 10.1. The quantitative estimate of drug-likeness (QED) is 0.765. The smallest absolute Gasteiger partial charge is 0.305 e. The fourth-order valence-electron chi connectivity index (χ4n) is 3.36. The molecule has 4 rings (SSSR count). The lowest BCUT2D eigenvalue weighted by Gasteiger charge is -2.28. The summed E-state index contributed by atoms with van der Waals surface area (Å²) in [6.45, 7) is 4.87. The van der Waals surface area contributed by atoms with Gasteiger partial charge in [0, 0.05) is 30.9 Å². The summed E-state index contributed by atoms with van der Waals surface area (Å²) < 4.78 is 5.41. The molecule has 1 fully saturated rings. The summed E-state index contributed by atoms with van der Waals surface area (Å²) in [5.41, 5.74) is 2.96. The van der Waals surface area contributed by atoms with Crippen molar-refractivity contribution in [2.24, 2.45) is 9.98 Å². The van der Waals surface area contributed by atoms with Crippen molar-refractivity contribution in [1.82, 2.24) is 4.98 Å². The number of nitrogens with zero attached hydrogens (tertiary/aromatic N) is 4. The summed E-state index contributed by atoms with van der Waals surface area (Å²) in [7, 11) is 0. The number of aromatic nitrogens is 1. The molecule has 146 valence electrons. The van der Waals surface area contributed by atoms with Crippen molar-refractivity contribution in [3.8, 4) is 11.3 Å². The molecule has 0 radical (unpaired) electrons. The van der Waals surface area contributed by atoms with Gasteiger partial charge in [0.2, 0.25) is 0 Å². The number of fused-ring (bicyclic) bond motifs is 1. The third-order valence-electron chi connectivity index (χ3n) is 4.80. The Bertz CT molecular complexity index is 969. The number of benzene rings is 1. The van der Waals surface area contributed by atoms with Gasteiger partial charge in [0.05, 0.1) is 43.8 Å². The number of hydrogen-bond acceptors (Lipinski definition) is 7. The molecule has 0 aliphatic carbocycles. The van der Waals surface area contributed by atoms with Gasteiger partial charge in [-0.1, -0.05) is 12.1 Å². The molecule has 0 spiro atoms. The minimum Gasteiger partial charge on any atom is -0.481 e. The molecular weight excluding hydrogens is 358 g/mol. The summed E-state index contributed by atoms with van der Waals surface area (Å²) in [6, 6.07) is 10.3. The summed E-state index contributed by atoms with van der Waals surface area (Å²) in [5.74, 6) is -0.257. The van der Waals surface area contributed by atoms with Crippen LogP contribution in [0, 0.1) is 0 Å². The van der Waals surface area contributed by atoms with E-state index < -0.39 is 5.97 Å². The van der Waals surface area contributed by atoms with E-state index in [1.54, 1.807) is 0 Å². The van der Waals surface area contributed by atoms with Crippen LogP contribution in [0.15, 0.2) is 40.3 Å². The second kappa shape index (κ2) is 8.35. The summed E-state index contributed by atoms with van der Waals surface area (Å²) in [6.07, 6.45) is 0.0199. The molecule has 1 saturated heterocycles. The molecule has 2 aromatic rings. The van der Waals surface area contributed by atoms with Gasteiger partial charge in [0.15, 0.2) is 5.82 Å². The number of hydrogen-bond donors (Lipinski definition) is 2. The van der Waals surface area contributed by atoms with Gasteiger partial charge in [-0.15, -0.1) is 0 Å². The fraction of sp³-hybridized carbons (Fsp3) is 0.400. The number of aliphatic carboxylic acids is 1. The van der Waals surface area contributed by atoms with Crippen LogP contribution >= 0.6 is 0 Å². The Balaban J connectivity index is 1.63. The first-order valence-electron chi connectivity index (χ1n) is 9.49. The highest BCUT2D eigenvalue weighted by molar-refractivity contribution is 5.68. The minimum atomic E-state index is -0.849. The normalized spacial score (nSPS) is 15.9. The average Bonchev–Trinajstić information content (AvgIpc) is 2.74. The molecule has 3 heterocycles. The number of anilines is 2. The van der Waals surface area contributed by atoms with Gasteiger partial charge in [0.1, 0.15) is 5.36 Å². The maximum atomic E-state index is 10.8. The van der Waals surface area contributed by atoms with E-state index in [0.29, 0.717) is 30.8 Å². The number of carboxylic acid groups (broad SMARTS) is 1. The Morgan fingerprint density at radius 1 is 1.14 bits per heavy atom. The van der Waals surface area contributed by atoms with Crippen molar-refractivity contribution in [2.75, 3.05) is 56.2 Å². The van der Waals surface area contributed by atoms with E-state index >= 15 is 0 Å². The van der Waals surface area contributed by atoms with Crippen molar-refractivity contribution in [1.29, 1.82) is 0 Å². The molecule has 0 atom stereocenters. The van der Waals surface area contributed by atoms with Gasteiger partial charge in [0.25, 0.3) is 0 Å². The second-order valence-corrected chi connectivity index (χ2v) is 6.70. The van der Waals surface area contributed by atoms with Crippen molar-refractivity contribution in [3.63, 3.8) is 0 Å². The molecule has 0 unspecified atom stereocenters. The maximum absolute atomic E-state index is 10.8. The molecule has 1 aromatic carbocycles. The Labute approximate surface area is 162 Å². The topological polar surface area (TPSA) is 99.4 Å². The first-order chi connectivity index (χ1) is 13.7. The number of nitrogens with one attached hydrogen (secondary N) is 1. The first-order valence-corrected chi connectivity index (χ1v) is 9.49. The van der Waals surface area contributed by atoms with Crippen LogP contribution in [0.5, 0.6) is 0 Å². The van der Waals surface area contributed by atoms with Gasteiger partial charge in [-0.2, -0.15) is 0 Å². The number of carbonyl (C=O) groups is 1. The number of ether oxygens (including phenoxy) is 1. The highest BCUT2D eigenvalue weighted by Crippen LogP contribution is 2.22. The molecule has 8 nitrogen and oxygen atoms in total. The minimum absolute atomic E-state index is 0.0199. The molecular formula is C20H23N5O3. The van der Waals surface area contributed by atoms with E-state index in [1.807, 2.05) is 6.07 Å². The zero-order valence-corrected chi connectivity index (χ0v) is 15.6. The SMILES string of the molecule is O=C(O)CCNc1nc(-c2ccc(N3CCOCC3)cc2)cc2c1=NCCN=2. The molecule has 0 bridgehead atoms. The van der Waals surface area contributed by atoms with Crippen LogP contribution in [0.2, 0.25) is 0 Å². The maximum Gasteiger partial charge on any atom is 0.305 e. The third-order valence-corrected chi connectivity index (χ3v) is 4.80. The third kappa shape index (κ3) is 4.12. The average molecular weight is 381 g/mol. The van der Waals surface area contributed by atoms with Crippen molar-refractivity contribution in [2.45, 2.75) is 6.42 Å². The van der Waals surface area contributed by atoms with Crippen LogP contribution in [0.1, 0.15) is 6.42 Å². The van der Waals surface area contributed by atoms with Crippen molar-refractivity contribution >= 4 is 17.5 Å². The number of morpholine rings is 1. The van der Waals surface area contributed by atoms with Crippen LogP contribution in [0.3, 0.4) is 0 Å². The van der Waals surface area contributed by atoms with Crippen LogP contribution in [0.25, 0.3) is 11.3 Å². The number of pyridine rings is 1. The van der Waals surface area contributed by atoms with Gasteiger partial charge < -0.3 is 20.1 Å². The van der Waals surface area contributed by atoms with Gasteiger partial charge in [-0.3, -0.25) is 14.8 Å². The molecule has 2 aliphatic rings. The molecule has 2 N–H and O–H groups in total. The summed E-state index contributed by atoms with van der Waals surface area (Å²) >= 11 is 0. The fourth-order valence-corrected chi connectivity index (χ4v) is 3.36. The Morgan fingerprint density at radius 3 is 2.64 bits per heavy atom. The Kier molecular flexibility index (Phi) is 5.48. The first kappa shape index (κ1) is 18.4. The standard InChI is InChI=1S/C20H23N5O3/c26-18(27)5-6-23-20-19-17(21-7-8-22-19)13-16(24-20)14-1-3-15(4-2-14)25-9-11-28-12-10-25/h1-4,13H,5-12H2,(H,23,24)(H,26,27). The highest BCUT2D eigenvalue weighted by Gasteiger charge is 2.13. The van der Waals surface area contributed by atoms with Gasteiger partial charge >= 0.3 is 5.97 Å². The largest absolute Gasteiger partial charge is 0.481 e. The Hall–Kier alpha value is -3.00. The van der Waals surface area contributed by atoms with E-state index in [9.17, 15) is 4.79 Å². The van der Waals surface area contributed by atoms with Crippen LogP contribution in [0.4, 0.5) is 11.5 Å². The molecule has 0 amide bonds. The van der Waals surface area contributed by atoms with E-state index in [1.165, 1.54) is 5.69 Å². The van der Waals surface area contributed by atoms with Gasteiger partial charge in [-0.25, -0.2) is 4.98 Å². The second-order valence-electron chi connectivity index (χ2n) is 6.70. The number of rotatable bonds is 6.